The highest BCUT2D eigenvalue weighted by atomic mass is 32.2. The van der Waals surface area contributed by atoms with Gasteiger partial charge < -0.3 is 14.5 Å². The molecule has 0 radical (unpaired) electrons. The number of amides is 3. The van der Waals surface area contributed by atoms with Crippen molar-refractivity contribution in [2.75, 3.05) is 32.5 Å². The number of piperidine rings is 1. The lowest BCUT2D eigenvalue weighted by Gasteiger charge is -2.38. The van der Waals surface area contributed by atoms with Gasteiger partial charge in [-0.3, -0.25) is 9.59 Å². The fourth-order valence-corrected chi connectivity index (χ4v) is 6.35. The molecule has 1 aliphatic carbocycles. The number of rotatable bonds is 5. The van der Waals surface area contributed by atoms with Gasteiger partial charge in [-0.05, 0) is 38.0 Å². The lowest BCUT2D eigenvalue weighted by atomic mass is 9.87. The van der Waals surface area contributed by atoms with Crippen LogP contribution in [0.2, 0.25) is 0 Å². The van der Waals surface area contributed by atoms with E-state index in [9.17, 15) is 22.8 Å². The molecule has 0 bridgehead atoms. The fourth-order valence-electron chi connectivity index (χ4n) is 4.59. The van der Waals surface area contributed by atoms with Gasteiger partial charge >= 0.3 is 6.09 Å². The molecule has 3 heterocycles. The van der Waals surface area contributed by atoms with Gasteiger partial charge in [-0.2, -0.15) is 4.31 Å². The first-order valence-electron chi connectivity index (χ1n) is 10.6. The molecule has 1 spiro atoms. The monoisotopic (exact) mass is 443 g/mol. The summed E-state index contributed by atoms with van der Waals surface area (Å²) in [6, 6.07) is -0.201. The van der Waals surface area contributed by atoms with Gasteiger partial charge in [0.25, 0.3) is 11.8 Å². The van der Waals surface area contributed by atoms with Gasteiger partial charge in [-0.1, -0.05) is 6.42 Å². The second-order valence-corrected chi connectivity index (χ2v) is 10.9. The summed E-state index contributed by atoms with van der Waals surface area (Å²) in [7, 11) is -1.67. The number of carbonyl (C=O) groups excluding carboxylic acids is 3. The van der Waals surface area contributed by atoms with Gasteiger partial charge in [0.2, 0.25) is 10.0 Å². The Bertz CT molecular complexity index is 802. The molecule has 0 aromatic carbocycles. The van der Waals surface area contributed by atoms with Crippen molar-refractivity contribution in [1.82, 2.24) is 14.3 Å². The molecule has 3 amide bonds. The Morgan fingerprint density at radius 1 is 1.20 bits per heavy atom. The summed E-state index contributed by atoms with van der Waals surface area (Å²) in [6.45, 7) is 1.07. The van der Waals surface area contributed by atoms with Gasteiger partial charge in [-0.25, -0.2) is 13.2 Å². The Hall–Kier alpha value is -1.72. The minimum Gasteiger partial charge on any atom is -0.373 e. The van der Waals surface area contributed by atoms with Crippen molar-refractivity contribution in [2.45, 2.75) is 63.0 Å². The molecule has 0 aromatic heterocycles. The minimum absolute atomic E-state index is 0.0572. The normalized spacial score (nSPS) is 27.2. The quantitative estimate of drug-likeness (QED) is 0.579. The van der Waals surface area contributed by atoms with Crippen molar-refractivity contribution in [1.29, 1.82) is 0 Å². The molecule has 1 unspecified atom stereocenters. The lowest BCUT2D eigenvalue weighted by Crippen LogP contribution is -2.49. The number of carbonyl (C=O) groups is 3. The number of hydrogen-bond acceptors (Lipinski definition) is 7. The molecule has 10 nitrogen and oxygen atoms in total. The summed E-state index contributed by atoms with van der Waals surface area (Å²) < 4.78 is 32.9. The van der Waals surface area contributed by atoms with E-state index in [4.69, 9.17) is 9.57 Å². The highest BCUT2D eigenvalue weighted by Crippen LogP contribution is 2.39. The number of likely N-dealkylation sites (N-methyl/N-ethyl adjacent to an activating group) is 1. The molecular formula is C19H29N3O7S. The molecule has 30 heavy (non-hydrogen) atoms. The van der Waals surface area contributed by atoms with Crippen molar-refractivity contribution < 1.29 is 32.4 Å². The third-order valence-corrected chi connectivity index (χ3v) is 8.99. The van der Waals surface area contributed by atoms with Crippen LogP contribution in [0.4, 0.5) is 4.79 Å². The van der Waals surface area contributed by atoms with E-state index < -0.39 is 33.5 Å². The summed E-state index contributed by atoms with van der Waals surface area (Å²) in [6.07, 6.45) is 4.18. The van der Waals surface area contributed by atoms with Gasteiger partial charge in [0, 0.05) is 33.0 Å². The molecule has 3 aliphatic heterocycles. The molecular weight excluding hydrogens is 414 g/mol. The molecule has 0 aromatic rings. The highest BCUT2D eigenvalue weighted by Gasteiger charge is 2.47. The van der Waals surface area contributed by atoms with E-state index in [1.54, 1.807) is 7.05 Å². The van der Waals surface area contributed by atoms with Crippen LogP contribution in [-0.4, -0.2) is 84.7 Å². The maximum Gasteiger partial charge on any atom is 0.434 e. The number of nitrogens with zero attached hydrogens (tertiary/aromatic N) is 3. The van der Waals surface area contributed by atoms with Gasteiger partial charge in [0.05, 0.1) is 24.0 Å². The van der Waals surface area contributed by atoms with Crippen molar-refractivity contribution in [3.8, 4) is 0 Å². The first-order chi connectivity index (χ1) is 14.2. The molecule has 168 valence electrons. The van der Waals surface area contributed by atoms with Crippen molar-refractivity contribution in [3.63, 3.8) is 0 Å². The second kappa shape index (κ2) is 8.08. The second-order valence-electron chi connectivity index (χ2n) is 8.87. The standard InChI is InChI=1S/C19H29N3O7S/c1-20(30(26,27)13-14-3-2-4-14)15-11-19(28-12-15)7-9-21(10-8-19)18(25)29-22-16(23)5-6-17(22)24/h14-15H,2-13H2,1H3. The van der Waals surface area contributed by atoms with Crippen LogP contribution in [0.25, 0.3) is 0 Å². The van der Waals surface area contributed by atoms with Gasteiger partial charge in [0.1, 0.15) is 0 Å². The van der Waals surface area contributed by atoms with Crippen molar-refractivity contribution >= 4 is 27.9 Å². The molecule has 4 fully saturated rings. The maximum absolute atomic E-state index is 12.7. The van der Waals surface area contributed by atoms with Crippen LogP contribution in [0, 0.1) is 5.92 Å². The van der Waals surface area contributed by atoms with E-state index in [2.05, 4.69) is 0 Å². The number of sulfonamides is 1. The molecule has 4 rings (SSSR count). The highest BCUT2D eigenvalue weighted by molar-refractivity contribution is 7.89. The Morgan fingerprint density at radius 3 is 2.40 bits per heavy atom. The van der Waals surface area contributed by atoms with E-state index in [0.29, 0.717) is 44.0 Å². The predicted molar refractivity (Wildman–Crippen MR) is 104 cm³/mol. The lowest BCUT2D eigenvalue weighted by molar-refractivity contribution is -0.174. The van der Waals surface area contributed by atoms with Crippen LogP contribution in [0.3, 0.4) is 0 Å². The Kier molecular flexibility index (Phi) is 5.80. The van der Waals surface area contributed by atoms with Gasteiger partial charge in [0.15, 0.2) is 0 Å². The van der Waals surface area contributed by atoms with Crippen LogP contribution in [0.5, 0.6) is 0 Å². The maximum atomic E-state index is 12.7. The molecule has 4 aliphatic rings. The number of hydroxylamine groups is 2. The van der Waals surface area contributed by atoms with E-state index >= 15 is 0 Å². The average Bonchev–Trinajstić information content (AvgIpc) is 3.23. The van der Waals surface area contributed by atoms with Crippen LogP contribution in [0.15, 0.2) is 0 Å². The van der Waals surface area contributed by atoms with Gasteiger partial charge in [-0.15, -0.1) is 5.06 Å². The smallest absolute Gasteiger partial charge is 0.373 e. The summed E-state index contributed by atoms with van der Waals surface area (Å²) in [5, 5.41) is 0.552. The molecule has 11 heteroatoms. The third kappa shape index (κ3) is 4.19. The first kappa shape index (κ1) is 21.5. The van der Waals surface area contributed by atoms with Crippen LogP contribution in [-0.2, 0) is 29.2 Å². The Labute approximate surface area is 176 Å². The van der Waals surface area contributed by atoms with Crippen molar-refractivity contribution in [2.24, 2.45) is 5.92 Å². The Morgan fingerprint density at radius 2 is 1.83 bits per heavy atom. The molecule has 0 N–H and O–H groups in total. The Balaban J connectivity index is 1.29. The SMILES string of the molecule is CN(C1COC2(CCN(C(=O)ON3C(=O)CCC3=O)CC2)C1)S(=O)(=O)CC1CCC1. The summed E-state index contributed by atoms with van der Waals surface area (Å²) in [5.41, 5.74) is -0.457. The van der Waals surface area contributed by atoms with E-state index in [0.717, 1.165) is 19.3 Å². The average molecular weight is 444 g/mol. The first-order valence-corrected chi connectivity index (χ1v) is 12.2. The van der Waals surface area contributed by atoms with Crippen LogP contribution < -0.4 is 0 Å². The summed E-state index contributed by atoms with van der Waals surface area (Å²) in [5.74, 6) is -0.525. The zero-order chi connectivity index (χ0) is 21.5. The largest absolute Gasteiger partial charge is 0.434 e. The van der Waals surface area contributed by atoms with E-state index in [1.807, 2.05) is 0 Å². The van der Waals surface area contributed by atoms with E-state index in [-0.39, 0.29) is 30.6 Å². The minimum atomic E-state index is -3.31. The number of imide groups is 1. The van der Waals surface area contributed by atoms with Crippen LogP contribution in [0.1, 0.15) is 51.4 Å². The summed E-state index contributed by atoms with van der Waals surface area (Å²) >= 11 is 0. The predicted octanol–water partition coefficient (Wildman–Crippen LogP) is 0.872. The number of likely N-dealkylation sites (tertiary alicyclic amines) is 1. The molecule has 3 saturated heterocycles. The molecule has 1 saturated carbocycles. The van der Waals surface area contributed by atoms with E-state index in [1.165, 1.54) is 9.21 Å². The van der Waals surface area contributed by atoms with Crippen molar-refractivity contribution in [3.05, 3.63) is 0 Å². The summed E-state index contributed by atoms with van der Waals surface area (Å²) in [4.78, 5) is 42.0. The third-order valence-electron chi connectivity index (χ3n) is 6.92. The zero-order valence-electron chi connectivity index (χ0n) is 17.2. The zero-order valence-corrected chi connectivity index (χ0v) is 18.1. The fraction of sp³-hybridized carbons (Fsp3) is 0.842. The van der Waals surface area contributed by atoms with Crippen LogP contribution >= 0.6 is 0 Å². The number of ether oxygens (including phenoxy) is 1. The number of hydrogen-bond donors (Lipinski definition) is 0. The molecule has 1 atom stereocenters. The topological polar surface area (TPSA) is 114 Å².